The predicted octanol–water partition coefficient (Wildman–Crippen LogP) is 1.22. The fourth-order valence-corrected chi connectivity index (χ4v) is 2.48. The number of benzene rings is 1. The van der Waals surface area contributed by atoms with E-state index in [-0.39, 0.29) is 23.8 Å². The second-order valence-electron chi connectivity index (χ2n) is 5.49. The SMILES string of the molecule is CC(=O)N1CC(C(=O)NC(C)c2nc3ccccc3[nH]2)C1. The highest BCUT2D eigenvalue weighted by molar-refractivity contribution is 5.84. The van der Waals surface area contributed by atoms with E-state index in [9.17, 15) is 9.59 Å². The third-order valence-electron chi connectivity index (χ3n) is 3.87. The van der Waals surface area contributed by atoms with Gasteiger partial charge in [-0.15, -0.1) is 0 Å². The van der Waals surface area contributed by atoms with Crippen LogP contribution < -0.4 is 5.32 Å². The zero-order valence-corrected chi connectivity index (χ0v) is 12.1. The first-order valence-corrected chi connectivity index (χ1v) is 7.05. The van der Waals surface area contributed by atoms with Crippen LogP contribution in [0.15, 0.2) is 24.3 Å². The van der Waals surface area contributed by atoms with Crippen LogP contribution in [0.2, 0.25) is 0 Å². The summed E-state index contributed by atoms with van der Waals surface area (Å²) in [6.45, 7) is 4.43. The third kappa shape index (κ3) is 2.61. The van der Waals surface area contributed by atoms with Gasteiger partial charge in [-0.1, -0.05) is 12.1 Å². The summed E-state index contributed by atoms with van der Waals surface area (Å²) in [5, 5.41) is 2.95. The van der Waals surface area contributed by atoms with Gasteiger partial charge >= 0.3 is 0 Å². The van der Waals surface area contributed by atoms with Crippen LogP contribution >= 0.6 is 0 Å². The molecule has 0 bridgehead atoms. The van der Waals surface area contributed by atoms with Crippen LogP contribution in [0.4, 0.5) is 0 Å². The third-order valence-corrected chi connectivity index (χ3v) is 3.87. The molecule has 1 aliphatic rings. The monoisotopic (exact) mass is 286 g/mol. The minimum Gasteiger partial charge on any atom is -0.346 e. The topological polar surface area (TPSA) is 78.1 Å². The minimum atomic E-state index is -0.184. The summed E-state index contributed by atoms with van der Waals surface area (Å²) in [6, 6.07) is 7.58. The lowest BCUT2D eigenvalue weighted by Crippen LogP contribution is -2.55. The van der Waals surface area contributed by atoms with Crippen LogP contribution in [-0.4, -0.2) is 39.8 Å². The van der Waals surface area contributed by atoms with Gasteiger partial charge in [0.1, 0.15) is 5.82 Å². The molecule has 2 amide bonds. The molecule has 6 nitrogen and oxygen atoms in total. The van der Waals surface area contributed by atoms with Crippen molar-refractivity contribution in [1.29, 1.82) is 0 Å². The van der Waals surface area contributed by atoms with Gasteiger partial charge in [-0.05, 0) is 19.1 Å². The van der Waals surface area contributed by atoms with Crippen LogP contribution in [0, 0.1) is 5.92 Å². The number of H-pyrrole nitrogens is 1. The Morgan fingerprint density at radius 2 is 2.10 bits per heavy atom. The summed E-state index contributed by atoms with van der Waals surface area (Å²) in [7, 11) is 0. The lowest BCUT2D eigenvalue weighted by Gasteiger charge is -2.37. The molecular weight excluding hydrogens is 268 g/mol. The fourth-order valence-electron chi connectivity index (χ4n) is 2.48. The second kappa shape index (κ2) is 5.20. The molecule has 2 heterocycles. The van der Waals surface area contributed by atoms with Gasteiger partial charge in [0, 0.05) is 20.0 Å². The summed E-state index contributed by atoms with van der Waals surface area (Å²) >= 11 is 0. The number of fused-ring (bicyclic) bond motifs is 1. The normalized spacial score (nSPS) is 16.6. The maximum Gasteiger partial charge on any atom is 0.227 e. The Balaban J connectivity index is 1.62. The van der Waals surface area contributed by atoms with E-state index in [1.807, 2.05) is 31.2 Å². The second-order valence-corrected chi connectivity index (χ2v) is 5.49. The molecule has 1 aliphatic heterocycles. The summed E-state index contributed by atoms with van der Waals surface area (Å²) in [6.07, 6.45) is 0. The van der Waals surface area contributed by atoms with E-state index in [2.05, 4.69) is 15.3 Å². The Morgan fingerprint density at radius 1 is 1.38 bits per heavy atom. The molecule has 1 aromatic heterocycles. The van der Waals surface area contributed by atoms with Gasteiger partial charge in [0.05, 0.1) is 23.0 Å². The smallest absolute Gasteiger partial charge is 0.227 e. The number of para-hydroxylation sites is 2. The zero-order chi connectivity index (χ0) is 15.0. The molecule has 2 N–H and O–H groups in total. The zero-order valence-electron chi connectivity index (χ0n) is 12.1. The standard InChI is InChI=1S/C15H18N4O2/c1-9(14-17-12-5-3-4-6-13(12)18-14)16-15(21)11-7-19(8-11)10(2)20/h3-6,9,11H,7-8H2,1-2H3,(H,16,21)(H,17,18). The van der Waals surface area contributed by atoms with Crippen molar-refractivity contribution in [2.24, 2.45) is 5.92 Å². The van der Waals surface area contributed by atoms with Crippen molar-refractivity contribution in [2.45, 2.75) is 19.9 Å². The molecule has 1 unspecified atom stereocenters. The van der Waals surface area contributed by atoms with Gasteiger partial charge < -0.3 is 15.2 Å². The van der Waals surface area contributed by atoms with Gasteiger partial charge in [0.25, 0.3) is 0 Å². The number of aromatic nitrogens is 2. The van der Waals surface area contributed by atoms with E-state index in [1.54, 1.807) is 4.90 Å². The number of nitrogens with zero attached hydrogens (tertiary/aromatic N) is 2. The number of carbonyl (C=O) groups excluding carboxylic acids is 2. The lowest BCUT2D eigenvalue weighted by atomic mass is 9.99. The Kier molecular flexibility index (Phi) is 3.37. The van der Waals surface area contributed by atoms with Crippen LogP contribution in [0.3, 0.4) is 0 Å². The molecule has 1 fully saturated rings. The number of aromatic amines is 1. The molecule has 6 heteroatoms. The quantitative estimate of drug-likeness (QED) is 0.890. The van der Waals surface area contributed by atoms with E-state index >= 15 is 0 Å². The van der Waals surface area contributed by atoms with E-state index < -0.39 is 0 Å². The van der Waals surface area contributed by atoms with Crippen molar-refractivity contribution in [3.8, 4) is 0 Å². The van der Waals surface area contributed by atoms with Crippen molar-refractivity contribution in [3.05, 3.63) is 30.1 Å². The van der Waals surface area contributed by atoms with Gasteiger partial charge in [-0.3, -0.25) is 9.59 Å². The lowest BCUT2D eigenvalue weighted by molar-refractivity contribution is -0.141. The number of amides is 2. The fraction of sp³-hybridized carbons (Fsp3) is 0.400. The molecule has 0 radical (unpaired) electrons. The summed E-state index contributed by atoms with van der Waals surface area (Å²) < 4.78 is 0. The van der Waals surface area contributed by atoms with Crippen molar-refractivity contribution < 1.29 is 9.59 Å². The molecule has 1 atom stereocenters. The minimum absolute atomic E-state index is 0.0179. The average Bonchev–Trinajstić information content (AvgIpc) is 2.80. The maximum absolute atomic E-state index is 12.1. The highest BCUT2D eigenvalue weighted by Crippen LogP contribution is 2.19. The number of hydrogen-bond acceptors (Lipinski definition) is 3. The van der Waals surface area contributed by atoms with Crippen molar-refractivity contribution in [3.63, 3.8) is 0 Å². The van der Waals surface area contributed by atoms with Crippen LogP contribution in [0.5, 0.6) is 0 Å². The van der Waals surface area contributed by atoms with E-state index in [1.165, 1.54) is 6.92 Å². The first kappa shape index (κ1) is 13.6. The molecule has 0 aliphatic carbocycles. The Morgan fingerprint density at radius 3 is 2.76 bits per heavy atom. The number of carbonyl (C=O) groups is 2. The molecule has 2 aromatic rings. The maximum atomic E-state index is 12.1. The van der Waals surface area contributed by atoms with Crippen LogP contribution in [0.1, 0.15) is 25.7 Å². The molecule has 0 spiro atoms. The van der Waals surface area contributed by atoms with Gasteiger partial charge in [0.2, 0.25) is 11.8 Å². The molecule has 110 valence electrons. The summed E-state index contributed by atoms with van der Waals surface area (Å²) in [5.41, 5.74) is 1.85. The largest absolute Gasteiger partial charge is 0.346 e. The predicted molar refractivity (Wildman–Crippen MR) is 78.4 cm³/mol. The van der Waals surface area contributed by atoms with Crippen LogP contribution in [-0.2, 0) is 9.59 Å². The molecule has 0 saturated carbocycles. The number of rotatable bonds is 3. The Bertz CT molecular complexity index is 655. The Hall–Kier alpha value is -2.37. The molecule has 3 rings (SSSR count). The van der Waals surface area contributed by atoms with Crippen molar-refractivity contribution >= 4 is 22.8 Å². The number of nitrogens with one attached hydrogen (secondary N) is 2. The average molecular weight is 286 g/mol. The van der Waals surface area contributed by atoms with Gasteiger partial charge in [-0.2, -0.15) is 0 Å². The van der Waals surface area contributed by atoms with Gasteiger partial charge in [-0.25, -0.2) is 4.98 Å². The first-order chi connectivity index (χ1) is 10.0. The molecule has 1 saturated heterocycles. The number of hydrogen-bond donors (Lipinski definition) is 2. The van der Waals surface area contributed by atoms with E-state index in [0.717, 1.165) is 16.9 Å². The molecular formula is C15H18N4O2. The van der Waals surface area contributed by atoms with Crippen molar-refractivity contribution in [1.82, 2.24) is 20.2 Å². The number of likely N-dealkylation sites (tertiary alicyclic amines) is 1. The molecule has 21 heavy (non-hydrogen) atoms. The summed E-state index contributed by atoms with van der Waals surface area (Å²) in [4.78, 5) is 32.6. The van der Waals surface area contributed by atoms with Gasteiger partial charge in [0.15, 0.2) is 0 Å². The van der Waals surface area contributed by atoms with E-state index in [0.29, 0.717) is 13.1 Å². The van der Waals surface area contributed by atoms with E-state index in [4.69, 9.17) is 0 Å². The van der Waals surface area contributed by atoms with Crippen LogP contribution in [0.25, 0.3) is 11.0 Å². The van der Waals surface area contributed by atoms with Crippen molar-refractivity contribution in [2.75, 3.05) is 13.1 Å². The highest BCUT2D eigenvalue weighted by atomic mass is 16.2. The highest BCUT2D eigenvalue weighted by Gasteiger charge is 2.34. The molecule has 1 aromatic carbocycles. The Labute approximate surface area is 122 Å². The summed E-state index contributed by atoms with van der Waals surface area (Å²) in [5.74, 6) is 0.623. The number of imidazole rings is 1. The first-order valence-electron chi connectivity index (χ1n) is 7.05.